The Labute approximate surface area is 165 Å². The van der Waals surface area contributed by atoms with Crippen molar-refractivity contribution in [3.05, 3.63) is 53.6 Å². The van der Waals surface area contributed by atoms with E-state index in [9.17, 15) is 9.59 Å². The number of para-hydroxylation sites is 1. The molecule has 28 heavy (non-hydrogen) atoms. The lowest BCUT2D eigenvalue weighted by molar-refractivity contribution is -0.123. The van der Waals surface area contributed by atoms with Crippen molar-refractivity contribution in [2.24, 2.45) is 0 Å². The highest BCUT2D eigenvalue weighted by Crippen LogP contribution is 2.28. The van der Waals surface area contributed by atoms with Crippen LogP contribution in [0, 0.1) is 0 Å². The number of carbonyl (C=O) groups excluding carboxylic acids is 2. The molecular weight excluding hydrogens is 360 g/mol. The number of nitrogens with one attached hydrogen (secondary N) is 2. The second kappa shape index (κ2) is 10.2. The van der Waals surface area contributed by atoms with Crippen LogP contribution in [0.3, 0.4) is 0 Å². The number of benzene rings is 2. The minimum absolute atomic E-state index is 0.209. The molecule has 0 radical (unpaired) electrons. The van der Waals surface area contributed by atoms with E-state index in [4.69, 9.17) is 14.2 Å². The Bertz CT molecular complexity index is 822. The molecule has 7 nitrogen and oxygen atoms in total. The maximum Gasteiger partial charge on any atom is 0.276 e. The Morgan fingerprint density at radius 3 is 2.36 bits per heavy atom. The molecule has 0 aliphatic rings. The summed E-state index contributed by atoms with van der Waals surface area (Å²) in [6.45, 7) is 3.99. The number of rotatable bonds is 8. The van der Waals surface area contributed by atoms with E-state index in [0.717, 1.165) is 12.0 Å². The molecule has 0 saturated heterocycles. The first-order chi connectivity index (χ1) is 13.5. The molecule has 2 N–H and O–H groups in total. The zero-order valence-corrected chi connectivity index (χ0v) is 16.6. The van der Waals surface area contributed by atoms with Gasteiger partial charge in [-0.1, -0.05) is 32.0 Å². The van der Waals surface area contributed by atoms with Crippen LogP contribution >= 0.6 is 0 Å². The summed E-state index contributed by atoms with van der Waals surface area (Å²) in [4.78, 5) is 24.2. The van der Waals surface area contributed by atoms with Crippen LogP contribution in [0.5, 0.6) is 17.2 Å². The van der Waals surface area contributed by atoms with Crippen molar-refractivity contribution in [3.63, 3.8) is 0 Å². The molecule has 0 heterocycles. The van der Waals surface area contributed by atoms with E-state index in [1.165, 1.54) is 20.3 Å². The molecule has 0 aromatic heterocycles. The number of methoxy groups -OCH3 is 2. The summed E-state index contributed by atoms with van der Waals surface area (Å²) in [5.41, 5.74) is 6.07. The quantitative estimate of drug-likeness (QED) is 0.681. The van der Waals surface area contributed by atoms with Gasteiger partial charge in [0, 0.05) is 5.56 Å². The maximum atomic E-state index is 12.2. The molecule has 2 aromatic carbocycles. The fourth-order valence-corrected chi connectivity index (χ4v) is 2.59. The second-order valence-corrected chi connectivity index (χ2v) is 6.21. The average molecular weight is 386 g/mol. The third-order valence-corrected chi connectivity index (χ3v) is 4.38. The van der Waals surface area contributed by atoms with Crippen molar-refractivity contribution < 1.29 is 23.8 Å². The molecule has 2 aromatic rings. The predicted molar refractivity (Wildman–Crippen MR) is 106 cm³/mol. The lowest BCUT2D eigenvalue weighted by Gasteiger charge is -2.15. The first-order valence-electron chi connectivity index (χ1n) is 9.03. The molecular formula is C21H26N2O5. The highest BCUT2D eigenvalue weighted by atomic mass is 16.5. The molecule has 2 rings (SSSR count). The van der Waals surface area contributed by atoms with Gasteiger partial charge in [0.05, 0.1) is 14.2 Å². The number of hydrogen-bond donors (Lipinski definition) is 2. The van der Waals surface area contributed by atoms with Crippen LogP contribution in [-0.4, -0.2) is 32.6 Å². The fraction of sp³-hybridized carbons (Fsp3) is 0.333. The standard InChI is InChI=1S/C21H26N2O5/c1-5-14(2)16-8-6-7-9-17(16)28-13-20(24)22-23-21(25)15-10-11-18(26-3)19(12-15)27-4/h6-12,14H,5,13H2,1-4H3,(H,22,24)(H,23,25). The molecule has 0 aliphatic heterocycles. The van der Waals surface area contributed by atoms with Crippen molar-refractivity contribution in [2.75, 3.05) is 20.8 Å². The summed E-state index contributed by atoms with van der Waals surface area (Å²) in [7, 11) is 2.99. The van der Waals surface area contributed by atoms with Crippen LogP contribution in [0.1, 0.15) is 42.1 Å². The largest absolute Gasteiger partial charge is 0.493 e. The number of amides is 2. The smallest absolute Gasteiger partial charge is 0.276 e. The van der Waals surface area contributed by atoms with E-state index in [0.29, 0.717) is 28.7 Å². The van der Waals surface area contributed by atoms with Crippen LogP contribution in [0.2, 0.25) is 0 Å². The molecule has 2 amide bonds. The molecule has 0 saturated carbocycles. The second-order valence-electron chi connectivity index (χ2n) is 6.21. The van der Waals surface area contributed by atoms with Crippen LogP contribution < -0.4 is 25.1 Å². The first kappa shape index (κ1) is 21.1. The van der Waals surface area contributed by atoms with Gasteiger partial charge in [0.2, 0.25) is 0 Å². The Morgan fingerprint density at radius 2 is 1.68 bits per heavy atom. The molecule has 0 spiro atoms. The monoisotopic (exact) mass is 386 g/mol. The van der Waals surface area contributed by atoms with Crippen molar-refractivity contribution in [1.82, 2.24) is 10.9 Å². The van der Waals surface area contributed by atoms with Crippen LogP contribution in [0.4, 0.5) is 0 Å². The zero-order chi connectivity index (χ0) is 20.5. The minimum atomic E-state index is -0.477. The van der Waals surface area contributed by atoms with Crippen LogP contribution in [0.25, 0.3) is 0 Å². The lowest BCUT2D eigenvalue weighted by atomic mass is 9.98. The number of hydrogen-bond acceptors (Lipinski definition) is 5. The van der Waals surface area contributed by atoms with Gasteiger partial charge in [-0.3, -0.25) is 20.4 Å². The van der Waals surface area contributed by atoms with Crippen LogP contribution in [0.15, 0.2) is 42.5 Å². The fourth-order valence-electron chi connectivity index (χ4n) is 2.59. The third-order valence-electron chi connectivity index (χ3n) is 4.38. The Morgan fingerprint density at radius 1 is 0.964 bits per heavy atom. The zero-order valence-electron chi connectivity index (χ0n) is 16.6. The molecule has 7 heteroatoms. The van der Waals surface area contributed by atoms with E-state index >= 15 is 0 Å². The van der Waals surface area contributed by atoms with Gasteiger partial charge in [-0.25, -0.2) is 0 Å². The van der Waals surface area contributed by atoms with E-state index in [-0.39, 0.29) is 6.61 Å². The summed E-state index contributed by atoms with van der Waals surface area (Å²) in [5, 5.41) is 0. The van der Waals surface area contributed by atoms with Gasteiger partial charge in [-0.2, -0.15) is 0 Å². The highest BCUT2D eigenvalue weighted by Gasteiger charge is 2.13. The predicted octanol–water partition coefficient (Wildman–Crippen LogP) is 3.06. The van der Waals surface area contributed by atoms with Crippen molar-refractivity contribution in [2.45, 2.75) is 26.2 Å². The van der Waals surface area contributed by atoms with Gasteiger partial charge < -0.3 is 14.2 Å². The highest BCUT2D eigenvalue weighted by molar-refractivity contribution is 5.96. The molecule has 0 bridgehead atoms. The van der Waals surface area contributed by atoms with Gasteiger partial charge in [-0.05, 0) is 42.2 Å². The van der Waals surface area contributed by atoms with Gasteiger partial charge in [0.1, 0.15) is 5.75 Å². The van der Waals surface area contributed by atoms with Gasteiger partial charge in [-0.15, -0.1) is 0 Å². The molecule has 0 fully saturated rings. The molecule has 1 atom stereocenters. The SMILES string of the molecule is CCC(C)c1ccccc1OCC(=O)NNC(=O)c1ccc(OC)c(OC)c1. The van der Waals surface area contributed by atoms with Gasteiger partial charge >= 0.3 is 0 Å². The summed E-state index contributed by atoms with van der Waals surface area (Å²) in [6, 6.07) is 12.3. The topological polar surface area (TPSA) is 85.9 Å². The van der Waals surface area contributed by atoms with E-state index in [1.54, 1.807) is 12.1 Å². The van der Waals surface area contributed by atoms with Crippen LogP contribution in [-0.2, 0) is 4.79 Å². The third kappa shape index (κ3) is 5.39. The van der Waals surface area contributed by atoms with Crippen molar-refractivity contribution in [3.8, 4) is 17.2 Å². The Kier molecular flexibility index (Phi) is 7.68. The number of carbonyl (C=O) groups is 2. The molecule has 150 valence electrons. The Balaban J connectivity index is 1.90. The summed E-state index contributed by atoms with van der Waals surface area (Å²) < 4.78 is 15.9. The first-order valence-corrected chi connectivity index (χ1v) is 9.03. The van der Waals surface area contributed by atoms with E-state index in [1.807, 2.05) is 24.3 Å². The Hall–Kier alpha value is -3.22. The average Bonchev–Trinajstić information content (AvgIpc) is 2.74. The van der Waals surface area contributed by atoms with Gasteiger partial charge in [0.25, 0.3) is 11.8 Å². The van der Waals surface area contributed by atoms with Gasteiger partial charge in [0.15, 0.2) is 18.1 Å². The summed E-state index contributed by atoms with van der Waals surface area (Å²) in [6.07, 6.45) is 0.966. The summed E-state index contributed by atoms with van der Waals surface area (Å²) >= 11 is 0. The normalized spacial score (nSPS) is 11.3. The number of hydrazine groups is 1. The minimum Gasteiger partial charge on any atom is -0.493 e. The van der Waals surface area contributed by atoms with E-state index < -0.39 is 11.8 Å². The van der Waals surface area contributed by atoms with Crippen molar-refractivity contribution in [1.29, 1.82) is 0 Å². The number of ether oxygens (including phenoxy) is 3. The van der Waals surface area contributed by atoms with E-state index in [2.05, 4.69) is 24.7 Å². The molecule has 1 unspecified atom stereocenters. The maximum absolute atomic E-state index is 12.2. The van der Waals surface area contributed by atoms with Crippen molar-refractivity contribution >= 4 is 11.8 Å². The summed E-state index contributed by atoms with van der Waals surface area (Å²) in [5.74, 6) is 0.979. The lowest BCUT2D eigenvalue weighted by Crippen LogP contribution is -2.43. The molecule has 0 aliphatic carbocycles.